The van der Waals surface area contributed by atoms with Crippen molar-refractivity contribution >= 4 is 9.84 Å². The van der Waals surface area contributed by atoms with Gasteiger partial charge < -0.3 is 5.11 Å². The van der Waals surface area contributed by atoms with Crippen LogP contribution < -0.4 is 0 Å². The summed E-state index contributed by atoms with van der Waals surface area (Å²) in [5, 5.41) is 9.20. The molecule has 0 aliphatic carbocycles. The molecule has 2 rings (SSSR count). The topological polar surface area (TPSA) is 54.4 Å². The van der Waals surface area contributed by atoms with E-state index in [1.807, 2.05) is 19.1 Å². The smallest absolute Gasteiger partial charge is 0.206 e. The van der Waals surface area contributed by atoms with Crippen molar-refractivity contribution in [1.82, 2.24) is 0 Å². The fourth-order valence-electron chi connectivity index (χ4n) is 1.81. The Kier molecular flexibility index (Phi) is 3.39. The first-order chi connectivity index (χ1) is 8.55. The van der Waals surface area contributed by atoms with Crippen molar-refractivity contribution in [2.24, 2.45) is 0 Å². The summed E-state index contributed by atoms with van der Waals surface area (Å²) in [4.78, 5) is 0.527. The number of aromatic hydroxyl groups is 1. The zero-order valence-corrected chi connectivity index (χ0v) is 10.8. The van der Waals surface area contributed by atoms with Gasteiger partial charge in [0.2, 0.25) is 9.84 Å². The van der Waals surface area contributed by atoms with Gasteiger partial charge in [0.1, 0.15) is 5.75 Å². The second-order valence-corrected chi connectivity index (χ2v) is 5.88. The molecule has 0 bridgehead atoms. The lowest BCUT2D eigenvalue weighted by atomic mass is 10.2. The van der Waals surface area contributed by atoms with E-state index in [1.54, 1.807) is 12.1 Å². The minimum atomic E-state index is -3.51. The summed E-state index contributed by atoms with van der Waals surface area (Å²) in [5.74, 6) is 0.0535. The Balaban J connectivity index is 2.58. The molecule has 0 spiro atoms. The van der Waals surface area contributed by atoms with Gasteiger partial charge in [-0.1, -0.05) is 25.1 Å². The molecule has 0 aliphatic heterocycles. The van der Waals surface area contributed by atoms with E-state index in [1.165, 1.54) is 24.3 Å². The number of hydrogen-bond donors (Lipinski definition) is 1. The number of phenolic OH excluding ortho intramolecular Hbond substituents is 1. The SMILES string of the molecule is CCc1ccccc1S(=O)(=O)c1ccc(O)cc1. The van der Waals surface area contributed by atoms with E-state index in [9.17, 15) is 13.5 Å². The van der Waals surface area contributed by atoms with Gasteiger partial charge in [-0.2, -0.15) is 0 Å². The van der Waals surface area contributed by atoms with E-state index in [0.717, 1.165) is 5.56 Å². The summed E-state index contributed by atoms with van der Waals surface area (Å²) >= 11 is 0. The molecule has 0 aromatic heterocycles. The minimum Gasteiger partial charge on any atom is -0.508 e. The number of benzene rings is 2. The minimum absolute atomic E-state index is 0.0535. The molecular weight excluding hydrogens is 248 g/mol. The number of hydrogen-bond acceptors (Lipinski definition) is 3. The number of rotatable bonds is 3. The third-order valence-electron chi connectivity index (χ3n) is 2.79. The molecule has 2 aromatic carbocycles. The Morgan fingerprint density at radius 2 is 1.61 bits per heavy atom. The van der Waals surface area contributed by atoms with Crippen LogP contribution >= 0.6 is 0 Å². The highest BCUT2D eigenvalue weighted by atomic mass is 32.2. The fourth-order valence-corrected chi connectivity index (χ4v) is 3.37. The second kappa shape index (κ2) is 4.82. The monoisotopic (exact) mass is 262 g/mol. The van der Waals surface area contributed by atoms with Crippen LogP contribution in [0.5, 0.6) is 5.75 Å². The fraction of sp³-hybridized carbons (Fsp3) is 0.143. The van der Waals surface area contributed by atoms with E-state index in [4.69, 9.17) is 0 Å². The normalized spacial score (nSPS) is 11.4. The number of aryl methyl sites for hydroxylation is 1. The number of phenols is 1. The highest BCUT2D eigenvalue weighted by Crippen LogP contribution is 2.25. The van der Waals surface area contributed by atoms with E-state index in [0.29, 0.717) is 11.3 Å². The van der Waals surface area contributed by atoms with E-state index < -0.39 is 9.84 Å². The first-order valence-corrected chi connectivity index (χ1v) is 7.16. The average molecular weight is 262 g/mol. The maximum atomic E-state index is 12.4. The van der Waals surface area contributed by atoms with Crippen LogP contribution in [-0.2, 0) is 16.3 Å². The van der Waals surface area contributed by atoms with Gasteiger partial charge in [0.05, 0.1) is 9.79 Å². The summed E-state index contributed by atoms with van der Waals surface area (Å²) in [7, 11) is -3.51. The number of sulfone groups is 1. The maximum absolute atomic E-state index is 12.4. The van der Waals surface area contributed by atoms with Crippen molar-refractivity contribution in [3.8, 4) is 5.75 Å². The van der Waals surface area contributed by atoms with Crippen molar-refractivity contribution in [2.75, 3.05) is 0 Å². The lowest BCUT2D eigenvalue weighted by Crippen LogP contribution is -2.05. The van der Waals surface area contributed by atoms with Gasteiger partial charge in [0, 0.05) is 0 Å². The highest BCUT2D eigenvalue weighted by Gasteiger charge is 2.19. The molecule has 0 fully saturated rings. The van der Waals surface area contributed by atoms with Gasteiger partial charge in [0.25, 0.3) is 0 Å². The van der Waals surface area contributed by atoms with Crippen LogP contribution in [-0.4, -0.2) is 13.5 Å². The van der Waals surface area contributed by atoms with Gasteiger partial charge in [-0.15, -0.1) is 0 Å². The van der Waals surface area contributed by atoms with Crippen molar-refractivity contribution in [1.29, 1.82) is 0 Å². The Bertz CT molecular complexity index is 643. The Morgan fingerprint density at radius 3 is 2.22 bits per heavy atom. The third-order valence-corrected chi connectivity index (χ3v) is 4.66. The molecule has 94 valence electrons. The molecule has 4 heteroatoms. The first-order valence-electron chi connectivity index (χ1n) is 5.67. The summed E-state index contributed by atoms with van der Waals surface area (Å²) in [6.45, 7) is 1.92. The molecule has 0 amide bonds. The van der Waals surface area contributed by atoms with Crippen LogP contribution in [0.25, 0.3) is 0 Å². The molecule has 0 unspecified atom stereocenters. The maximum Gasteiger partial charge on any atom is 0.206 e. The summed E-state index contributed by atoms with van der Waals surface area (Å²) in [6.07, 6.45) is 0.660. The van der Waals surface area contributed by atoms with E-state index in [-0.39, 0.29) is 10.6 Å². The molecule has 3 nitrogen and oxygen atoms in total. The molecule has 0 atom stereocenters. The van der Waals surface area contributed by atoms with Gasteiger partial charge in [-0.3, -0.25) is 0 Å². The molecule has 2 aromatic rings. The lowest BCUT2D eigenvalue weighted by Gasteiger charge is -2.09. The van der Waals surface area contributed by atoms with Crippen LogP contribution in [0.3, 0.4) is 0 Å². The van der Waals surface area contributed by atoms with Crippen molar-refractivity contribution in [2.45, 2.75) is 23.1 Å². The predicted octanol–water partition coefficient (Wildman–Crippen LogP) is 2.79. The van der Waals surface area contributed by atoms with E-state index >= 15 is 0 Å². The van der Waals surface area contributed by atoms with Crippen LogP contribution in [0.2, 0.25) is 0 Å². The van der Waals surface area contributed by atoms with Gasteiger partial charge in [-0.25, -0.2) is 8.42 Å². The van der Waals surface area contributed by atoms with Crippen LogP contribution in [0.15, 0.2) is 58.3 Å². The Labute approximate surface area is 107 Å². The second-order valence-electron chi connectivity index (χ2n) is 3.96. The van der Waals surface area contributed by atoms with Crippen molar-refractivity contribution < 1.29 is 13.5 Å². The Hall–Kier alpha value is -1.81. The third kappa shape index (κ3) is 2.24. The molecule has 0 radical (unpaired) electrons. The summed E-state index contributed by atoms with van der Waals surface area (Å²) in [5.41, 5.74) is 0.797. The van der Waals surface area contributed by atoms with Crippen LogP contribution in [0, 0.1) is 0 Å². The first kappa shape index (κ1) is 12.6. The Morgan fingerprint density at radius 1 is 1.00 bits per heavy atom. The van der Waals surface area contributed by atoms with Crippen molar-refractivity contribution in [3.63, 3.8) is 0 Å². The lowest BCUT2D eigenvalue weighted by molar-refractivity contribution is 0.475. The van der Waals surface area contributed by atoms with Crippen molar-refractivity contribution in [3.05, 3.63) is 54.1 Å². The molecule has 0 aliphatic rings. The van der Waals surface area contributed by atoms with Gasteiger partial charge in [-0.05, 0) is 42.3 Å². The van der Waals surface area contributed by atoms with Gasteiger partial charge in [0.15, 0.2) is 0 Å². The molecular formula is C14H14O3S. The average Bonchev–Trinajstić information content (AvgIpc) is 2.39. The van der Waals surface area contributed by atoms with E-state index in [2.05, 4.69) is 0 Å². The zero-order valence-electron chi connectivity index (χ0n) is 10.00. The summed E-state index contributed by atoms with van der Waals surface area (Å²) in [6, 6.07) is 12.5. The van der Waals surface area contributed by atoms with Crippen LogP contribution in [0.1, 0.15) is 12.5 Å². The van der Waals surface area contributed by atoms with Crippen LogP contribution in [0.4, 0.5) is 0 Å². The summed E-state index contributed by atoms with van der Waals surface area (Å²) < 4.78 is 24.9. The molecule has 18 heavy (non-hydrogen) atoms. The molecule has 0 heterocycles. The standard InChI is InChI=1S/C14H14O3S/c1-2-11-5-3-4-6-14(11)18(16,17)13-9-7-12(15)8-10-13/h3-10,15H,2H2,1H3. The molecule has 0 saturated carbocycles. The highest BCUT2D eigenvalue weighted by molar-refractivity contribution is 7.91. The molecule has 1 N–H and O–H groups in total. The quantitative estimate of drug-likeness (QED) is 0.925. The van der Waals surface area contributed by atoms with Gasteiger partial charge >= 0.3 is 0 Å². The zero-order chi connectivity index (χ0) is 13.2. The molecule has 0 saturated heterocycles. The largest absolute Gasteiger partial charge is 0.508 e. The predicted molar refractivity (Wildman–Crippen MR) is 69.4 cm³/mol.